The third-order valence-electron chi connectivity index (χ3n) is 13.6. The summed E-state index contributed by atoms with van der Waals surface area (Å²) in [6.07, 6.45) is 0. The van der Waals surface area contributed by atoms with Crippen molar-refractivity contribution in [3.05, 3.63) is 237 Å². The fraction of sp³-hybridized carbons (Fsp3) is 0. The van der Waals surface area contributed by atoms with Gasteiger partial charge in [0.05, 0.1) is 22.1 Å². The van der Waals surface area contributed by atoms with Crippen LogP contribution in [-0.2, 0) is 0 Å². The molecule has 0 spiro atoms. The Hall–Kier alpha value is -9.39. The Kier molecular flexibility index (Phi) is 8.79. The van der Waals surface area contributed by atoms with Crippen LogP contribution in [0.1, 0.15) is 0 Å². The quantitative estimate of drug-likeness (QED) is 0.160. The van der Waals surface area contributed by atoms with Gasteiger partial charge >= 0.3 is 0 Å². The van der Waals surface area contributed by atoms with Crippen LogP contribution in [0.15, 0.2) is 241 Å². The zero-order valence-electron chi connectivity index (χ0n) is 37.2. The summed E-state index contributed by atoms with van der Waals surface area (Å²) in [6.45, 7) is 0. The summed E-state index contributed by atoms with van der Waals surface area (Å²) in [6, 6.07) is 83.6. The van der Waals surface area contributed by atoms with Gasteiger partial charge in [0.1, 0.15) is 11.2 Å². The normalized spacial score (nSPS) is 11.8. The van der Waals surface area contributed by atoms with Crippen molar-refractivity contribution >= 4 is 65.6 Å². The summed E-state index contributed by atoms with van der Waals surface area (Å²) in [5, 5.41) is 6.85. The largest absolute Gasteiger partial charge is 0.456 e. The van der Waals surface area contributed by atoms with Gasteiger partial charge in [-0.3, -0.25) is 0 Å². The lowest BCUT2D eigenvalue weighted by Gasteiger charge is -2.11. The van der Waals surface area contributed by atoms with Crippen LogP contribution in [0.25, 0.3) is 133 Å². The van der Waals surface area contributed by atoms with Crippen molar-refractivity contribution in [2.75, 3.05) is 0 Å². The molecule has 6 heteroatoms. The van der Waals surface area contributed by atoms with Gasteiger partial charge in [-0.1, -0.05) is 152 Å². The highest BCUT2D eigenvalue weighted by molar-refractivity contribution is 6.14. The number of para-hydroxylation sites is 2. The minimum Gasteiger partial charge on any atom is -0.456 e. The summed E-state index contributed by atoms with van der Waals surface area (Å²) in [5.74, 6) is 1.86. The van der Waals surface area contributed by atoms with Crippen LogP contribution in [0.3, 0.4) is 0 Å². The fourth-order valence-corrected chi connectivity index (χ4v) is 10.3. The molecule has 0 saturated carbocycles. The number of hydrogen-bond donors (Lipinski definition) is 0. The first-order valence-corrected chi connectivity index (χ1v) is 23.3. The van der Waals surface area contributed by atoms with E-state index in [-0.39, 0.29) is 0 Å². The highest BCUT2D eigenvalue weighted by atomic mass is 16.3. The Morgan fingerprint density at radius 3 is 1.35 bits per heavy atom. The molecule has 0 aliphatic carbocycles. The smallest absolute Gasteiger partial charge is 0.164 e. The van der Waals surface area contributed by atoms with Crippen molar-refractivity contribution in [2.24, 2.45) is 0 Å². The van der Waals surface area contributed by atoms with Crippen LogP contribution >= 0.6 is 0 Å². The zero-order valence-corrected chi connectivity index (χ0v) is 37.2. The highest BCUT2D eigenvalue weighted by Crippen LogP contribution is 2.41. The highest BCUT2D eigenvalue weighted by Gasteiger charge is 2.20. The standard InChI is InChI=1S/C63H39N5O/c1-5-15-40(16-6-1)45-25-30-50-49-23-13-14-24-55(49)68(58(50)38-45)48-29-32-57-52(39-48)51-35-43(26-31-56(51)67(57)47-21-11-4-12-22-47)44-27-33-59-53(36-44)54-37-46(28-34-60(54)69-59)63-65-61(41-17-7-2-8-18-41)64-62(66-63)42-19-9-3-10-20-42/h1-39H. The first-order valence-electron chi connectivity index (χ1n) is 23.3. The third kappa shape index (κ3) is 6.45. The summed E-state index contributed by atoms with van der Waals surface area (Å²) in [4.78, 5) is 15.0. The van der Waals surface area contributed by atoms with E-state index in [2.05, 4.69) is 173 Å². The van der Waals surface area contributed by atoms with Gasteiger partial charge in [0.15, 0.2) is 17.5 Å². The third-order valence-corrected chi connectivity index (χ3v) is 13.6. The summed E-state index contributed by atoms with van der Waals surface area (Å²) in [5.41, 5.74) is 15.9. The molecule has 6 nitrogen and oxygen atoms in total. The maximum Gasteiger partial charge on any atom is 0.164 e. The fourth-order valence-electron chi connectivity index (χ4n) is 10.3. The van der Waals surface area contributed by atoms with Crippen LogP contribution in [0, 0.1) is 0 Å². The van der Waals surface area contributed by atoms with Crippen molar-refractivity contribution in [1.82, 2.24) is 24.1 Å². The number of aromatic nitrogens is 5. The number of furan rings is 1. The van der Waals surface area contributed by atoms with Crippen LogP contribution in [0.5, 0.6) is 0 Å². The van der Waals surface area contributed by atoms with Gasteiger partial charge < -0.3 is 13.6 Å². The van der Waals surface area contributed by atoms with E-state index in [9.17, 15) is 0 Å². The Morgan fingerprint density at radius 2 is 0.681 bits per heavy atom. The number of rotatable bonds is 7. The maximum absolute atomic E-state index is 6.48. The molecule has 0 amide bonds. The Morgan fingerprint density at radius 1 is 0.246 bits per heavy atom. The molecule has 69 heavy (non-hydrogen) atoms. The predicted octanol–water partition coefficient (Wildman–Crippen LogP) is 16.3. The molecule has 14 aromatic rings. The molecule has 0 radical (unpaired) electrons. The molecule has 0 atom stereocenters. The molecular formula is C63H39N5O. The Balaban J connectivity index is 0.929. The van der Waals surface area contributed by atoms with E-state index in [4.69, 9.17) is 19.4 Å². The van der Waals surface area contributed by atoms with Gasteiger partial charge in [-0.15, -0.1) is 0 Å². The van der Waals surface area contributed by atoms with Crippen molar-refractivity contribution < 1.29 is 4.42 Å². The van der Waals surface area contributed by atoms with Crippen molar-refractivity contribution in [1.29, 1.82) is 0 Å². The molecule has 0 fully saturated rings. The first kappa shape index (κ1) is 38.8. The minimum absolute atomic E-state index is 0.604. The van der Waals surface area contributed by atoms with Gasteiger partial charge in [-0.25, -0.2) is 15.0 Å². The van der Waals surface area contributed by atoms with Crippen LogP contribution in [-0.4, -0.2) is 24.1 Å². The Labute approximate surface area is 396 Å². The average Bonchev–Trinajstić information content (AvgIpc) is 4.08. The number of nitrogens with zero attached hydrogens (tertiary/aromatic N) is 5. The molecule has 10 aromatic carbocycles. The lowest BCUT2D eigenvalue weighted by atomic mass is 10.00. The maximum atomic E-state index is 6.48. The first-order chi connectivity index (χ1) is 34.2. The van der Waals surface area contributed by atoms with Gasteiger partial charge in [0, 0.05) is 60.4 Å². The Bertz CT molecular complexity index is 4230. The van der Waals surface area contributed by atoms with Crippen molar-refractivity contribution in [3.63, 3.8) is 0 Å². The van der Waals surface area contributed by atoms with Crippen molar-refractivity contribution in [2.45, 2.75) is 0 Å². The van der Waals surface area contributed by atoms with E-state index in [1.807, 2.05) is 72.8 Å². The molecular weight excluding hydrogens is 843 g/mol. The molecule has 4 heterocycles. The minimum atomic E-state index is 0.604. The summed E-state index contributed by atoms with van der Waals surface area (Å²) < 4.78 is 11.3. The number of hydrogen-bond acceptors (Lipinski definition) is 4. The van der Waals surface area contributed by atoms with E-state index < -0.39 is 0 Å². The van der Waals surface area contributed by atoms with Crippen LogP contribution in [0.4, 0.5) is 0 Å². The van der Waals surface area contributed by atoms with Gasteiger partial charge in [0.2, 0.25) is 0 Å². The van der Waals surface area contributed by atoms with Gasteiger partial charge in [-0.2, -0.15) is 0 Å². The van der Waals surface area contributed by atoms with Gasteiger partial charge in [0.25, 0.3) is 0 Å². The average molecular weight is 882 g/mol. The van der Waals surface area contributed by atoms with E-state index >= 15 is 0 Å². The topological polar surface area (TPSA) is 61.7 Å². The second kappa shape index (κ2) is 15.6. The van der Waals surface area contributed by atoms with E-state index in [1.165, 1.54) is 43.7 Å². The second-order valence-corrected chi connectivity index (χ2v) is 17.6. The molecule has 0 N–H and O–H groups in total. The molecule has 0 unspecified atom stereocenters. The van der Waals surface area contributed by atoms with Crippen LogP contribution < -0.4 is 0 Å². The predicted molar refractivity (Wildman–Crippen MR) is 283 cm³/mol. The van der Waals surface area contributed by atoms with E-state index in [0.717, 1.165) is 72.2 Å². The molecule has 4 aromatic heterocycles. The molecule has 0 aliphatic heterocycles. The second-order valence-electron chi connectivity index (χ2n) is 17.6. The monoisotopic (exact) mass is 881 g/mol. The molecule has 0 saturated heterocycles. The molecule has 0 aliphatic rings. The summed E-state index contributed by atoms with van der Waals surface area (Å²) >= 11 is 0. The summed E-state index contributed by atoms with van der Waals surface area (Å²) in [7, 11) is 0. The molecule has 14 rings (SSSR count). The zero-order chi connectivity index (χ0) is 45.4. The van der Waals surface area contributed by atoms with E-state index in [1.54, 1.807) is 0 Å². The lowest BCUT2D eigenvalue weighted by Crippen LogP contribution is -2.00. The van der Waals surface area contributed by atoms with Gasteiger partial charge in [-0.05, 0) is 107 Å². The van der Waals surface area contributed by atoms with Crippen molar-refractivity contribution in [3.8, 4) is 67.8 Å². The SMILES string of the molecule is c1ccc(-c2ccc3c4ccccc4n(-c4ccc5c(c4)c4cc(-c6ccc7oc8ccc(-c9nc(-c%10ccccc%10)nc(-c%10ccccc%10)n9)cc8c7c6)ccc4n5-c4ccccc4)c3c2)cc1. The number of benzene rings is 10. The molecule has 0 bridgehead atoms. The lowest BCUT2D eigenvalue weighted by molar-refractivity contribution is 0.669. The molecule has 322 valence electrons. The van der Waals surface area contributed by atoms with E-state index in [0.29, 0.717) is 17.5 Å². The van der Waals surface area contributed by atoms with Crippen LogP contribution in [0.2, 0.25) is 0 Å². The number of fused-ring (bicyclic) bond motifs is 9.